The lowest BCUT2D eigenvalue weighted by Gasteiger charge is -2.17. The molecule has 108 valence electrons. The zero-order valence-electron chi connectivity index (χ0n) is 11.8. The first-order chi connectivity index (χ1) is 9.87. The van der Waals surface area contributed by atoms with Crippen molar-refractivity contribution in [1.29, 1.82) is 0 Å². The minimum absolute atomic E-state index is 0.454. The van der Waals surface area contributed by atoms with Gasteiger partial charge in [0.2, 0.25) is 5.70 Å². The van der Waals surface area contributed by atoms with Gasteiger partial charge in [-0.2, -0.15) is 4.68 Å². The van der Waals surface area contributed by atoms with E-state index in [0.29, 0.717) is 5.70 Å². The molecule has 0 saturated carbocycles. The smallest absolute Gasteiger partial charge is 0.374 e. The van der Waals surface area contributed by atoms with Gasteiger partial charge in [-0.05, 0) is 31.2 Å². The van der Waals surface area contributed by atoms with Crippen LogP contribution in [0.1, 0.15) is 20.8 Å². The molecule has 0 radical (unpaired) electrons. The second-order valence-electron chi connectivity index (χ2n) is 5.11. The number of aromatic nitrogens is 4. The summed E-state index contributed by atoms with van der Waals surface area (Å²) in [6, 6.07) is 0. The van der Waals surface area contributed by atoms with E-state index in [4.69, 9.17) is 4.74 Å². The Morgan fingerprint density at radius 3 is 2.76 bits per heavy atom. The van der Waals surface area contributed by atoms with Crippen molar-refractivity contribution >= 4 is 24.1 Å². The molecule has 2 rings (SSSR count). The molecule has 0 bridgehead atoms. The van der Waals surface area contributed by atoms with Crippen LogP contribution in [0.4, 0.5) is 0 Å². The Kier molecular flexibility index (Phi) is 3.91. The molecule has 21 heavy (non-hydrogen) atoms. The highest BCUT2D eigenvalue weighted by atomic mass is 16.6. The number of aliphatic imine (C=N–C) groups is 1. The molecule has 1 aliphatic rings. The number of nitrogens with zero attached hydrogens (tertiary/aromatic N) is 5. The number of ether oxygens (including phenoxy) is 1. The van der Waals surface area contributed by atoms with Gasteiger partial charge in [-0.15, -0.1) is 4.68 Å². The highest BCUT2D eigenvalue weighted by molar-refractivity contribution is 5.85. The number of hydrogen-bond donors (Lipinski definition) is 0. The molecule has 0 fully saturated rings. The van der Waals surface area contributed by atoms with Gasteiger partial charge in [0.15, 0.2) is 12.4 Å². The maximum atomic E-state index is 12.0. The van der Waals surface area contributed by atoms with Crippen molar-refractivity contribution in [3.63, 3.8) is 0 Å². The van der Waals surface area contributed by atoms with E-state index >= 15 is 0 Å². The van der Waals surface area contributed by atoms with Crippen molar-refractivity contribution in [2.45, 2.75) is 26.4 Å². The second kappa shape index (κ2) is 5.64. The second-order valence-corrected chi connectivity index (χ2v) is 5.11. The number of esters is 1. The number of allylic oxidation sites excluding steroid dienone is 3. The Labute approximate surface area is 120 Å². The molecule has 8 nitrogen and oxygen atoms in total. The Hall–Kier alpha value is -2.86. The fourth-order valence-electron chi connectivity index (χ4n) is 1.42. The van der Waals surface area contributed by atoms with Gasteiger partial charge < -0.3 is 4.74 Å². The normalized spacial score (nSPS) is 14.1. The standard InChI is InChI=1S/C13H14N5O3/c1-13(2,3)21-11(19)6-8-17-12(20)18(16-15-17)10-5-4-7-14-9-10/h4-6,8-9H,1-3H3/q+1/b8-6+. The molecule has 0 unspecified atom stereocenters. The van der Waals surface area contributed by atoms with Gasteiger partial charge in [0.1, 0.15) is 11.7 Å². The molecular formula is C13H14N5O3+. The fourth-order valence-corrected chi connectivity index (χ4v) is 1.42. The number of carbonyl (C=O) groups excluding carboxylic acids is 1. The van der Waals surface area contributed by atoms with Crippen molar-refractivity contribution < 1.29 is 9.53 Å². The van der Waals surface area contributed by atoms with Crippen LogP contribution >= 0.6 is 0 Å². The van der Waals surface area contributed by atoms with E-state index in [1.165, 1.54) is 12.4 Å². The lowest BCUT2D eigenvalue weighted by Crippen LogP contribution is -2.24. The van der Waals surface area contributed by atoms with Crippen LogP contribution in [-0.2, 0) is 9.53 Å². The Bertz CT molecular complexity index is 713. The molecular weight excluding hydrogens is 274 g/mol. The number of rotatable bonds is 3. The van der Waals surface area contributed by atoms with Gasteiger partial charge >= 0.3 is 11.7 Å². The van der Waals surface area contributed by atoms with Gasteiger partial charge in [0.25, 0.3) is 0 Å². The SMILES string of the molecule is CC(C)(C)OC(=O)/C=C/n1nnn(C2=CN=[C+]C=C2)c1=O. The third-order valence-electron chi connectivity index (χ3n) is 2.21. The first-order valence-electron chi connectivity index (χ1n) is 6.15. The lowest BCUT2D eigenvalue weighted by atomic mass is 10.2. The van der Waals surface area contributed by atoms with Crippen molar-refractivity contribution in [1.82, 2.24) is 19.8 Å². The number of tetrazole rings is 1. The maximum Gasteiger partial charge on any atom is 0.374 e. The van der Waals surface area contributed by atoms with Gasteiger partial charge in [-0.25, -0.2) is 9.59 Å². The van der Waals surface area contributed by atoms with Crippen molar-refractivity contribution in [3.8, 4) is 0 Å². The molecule has 8 heteroatoms. The highest BCUT2D eigenvalue weighted by Gasteiger charge is 2.16. The molecule has 0 spiro atoms. The Morgan fingerprint density at radius 2 is 2.14 bits per heavy atom. The molecule has 0 aliphatic carbocycles. The van der Waals surface area contributed by atoms with E-state index in [2.05, 4.69) is 21.6 Å². The van der Waals surface area contributed by atoms with Crippen molar-refractivity contribution in [2.24, 2.45) is 4.99 Å². The van der Waals surface area contributed by atoms with E-state index in [-0.39, 0.29) is 0 Å². The molecule has 0 amide bonds. The quantitative estimate of drug-likeness (QED) is 0.460. The van der Waals surface area contributed by atoms with Gasteiger partial charge in [0, 0.05) is 12.3 Å². The average molecular weight is 288 g/mol. The first kappa shape index (κ1) is 14.5. The van der Waals surface area contributed by atoms with E-state index in [1.54, 1.807) is 32.9 Å². The number of carbonyl (C=O) groups is 1. The summed E-state index contributed by atoms with van der Waals surface area (Å²) in [5, 5.41) is 7.34. The summed E-state index contributed by atoms with van der Waals surface area (Å²) < 4.78 is 7.07. The summed E-state index contributed by atoms with van der Waals surface area (Å²) in [6.45, 7) is 5.25. The highest BCUT2D eigenvalue weighted by Crippen LogP contribution is 2.07. The monoisotopic (exact) mass is 288 g/mol. The summed E-state index contributed by atoms with van der Waals surface area (Å²) >= 11 is 0. The third-order valence-corrected chi connectivity index (χ3v) is 2.21. The summed E-state index contributed by atoms with van der Waals surface area (Å²) in [7, 11) is 0. The molecule has 0 aromatic carbocycles. The molecule has 1 aromatic rings. The molecule has 1 aromatic heterocycles. The van der Waals surface area contributed by atoms with Crippen molar-refractivity contribution in [3.05, 3.63) is 34.9 Å². The summed E-state index contributed by atoms with van der Waals surface area (Å²) in [5.74, 6) is -0.570. The first-order valence-corrected chi connectivity index (χ1v) is 6.15. The summed E-state index contributed by atoms with van der Waals surface area (Å²) in [6.07, 6.45) is 9.50. The van der Waals surface area contributed by atoms with Crippen molar-refractivity contribution in [2.75, 3.05) is 0 Å². The minimum Gasteiger partial charge on any atom is -0.457 e. The van der Waals surface area contributed by atoms with E-state index < -0.39 is 17.3 Å². The van der Waals surface area contributed by atoms with Crippen LogP contribution in [0.5, 0.6) is 0 Å². The van der Waals surface area contributed by atoms with Crippen LogP contribution in [0.15, 0.2) is 34.2 Å². The molecule has 1 aliphatic heterocycles. The van der Waals surface area contributed by atoms with Crippen LogP contribution in [0, 0.1) is 0 Å². The van der Waals surface area contributed by atoms with Crippen LogP contribution in [0.25, 0.3) is 11.9 Å². The third kappa shape index (κ3) is 3.80. The van der Waals surface area contributed by atoms with E-state index in [9.17, 15) is 9.59 Å². The summed E-state index contributed by atoms with van der Waals surface area (Å²) in [4.78, 5) is 27.3. The van der Waals surface area contributed by atoms with Gasteiger partial charge in [-0.3, -0.25) is 0 Å². The largest absolute Gasteiger partial charge is 0.457 e. The lowest BCUT2D eigenvalue weighted by molar-refractivity contribution is -0.148. The van der Waals surface area contributed by atoms with E-state index in [0.717, 1.165) is 15.4 Å². The minimum atomic E-state index is -0.601. The molecule has 0 saturated heterocycles. The van der Waals surface area contributed by atoms with Crippen LogP contribution in [0.2, 0.25) is 0 Å². The predicted molar refractivity (Wildman–Crippen MR) is 76.3 cm³/mol. The number of hydrogen-bond acceptors (Lipinski definition) is 6. The Balaban J connectivity index is 2.16. The van der Waals surface area contributed by atoms with E-state index in [1.807, 2.05) is 0 Å². The topological polar surface area (TPSA) is 91.4 Å². The molecule has 0 atom stereocenters. The maximum absolute atomic E-state index is 12.0. The zero-order valence-corrected chi connectivity index (χ0v) is 11.8. The van der Waals surface area contributed by atoms with Gasteiger partial charge in [-0.1, -0.05) is 4.99 Å². The van der Waals surface area contributed by atoms with Crippen LogP contribution in [-0.4, -0.2) is 37.6 Å². The van der Waals surface area contributed by atoms with Crippen LogP contribution in [0.3, 0.4) is 0 Å². The summed E-state index contributed by atoms with van der Waals surface area (Å²) in [5.41, 5.74) is -0.672. The average Bonchev–Trinajstić information content (AvgIpc) is 2.77. The van der Waals surface area contributed by atoms with Gasteiger partial charge in [0.05, 0.1) is 6.08 Å². The zero-order chi connectivity index (χ0) is 15.5. The Morgan fingerprint density at radius 1 is 1.38 bits per heavy atom. The predicted octanol–water partition coefficient (Wildman–Crippen LogP) is 0.568. The molecule has 2 heterocycles. The van der Waals surface area contributed by atoms with Crippen LogP contribution < -0.4 is 5.69 Å². The molecule has 0 N–H and O–H groups in total. The fraction of sp³-hybridized carbons (Fsp3) is 0.308.